The van der Waals surface area contributed by atoms with Crippen molar-refractivity contribution in [2.75, 3.05) is 5.32 Å². The quantitative estimate of drug-likeness (QED) is 0.549. The van der Waals surface area contributed by atoms with E-state index in [1.165, 1.54) is 18.5 Å². The number of nitrogens with zero attached hydrogens (tertiary/aromatic N) is 1. The molecule has 0 saturated carbocycles. The van der Waals surface area contributed by atoms with Crippen LogP contribution < -0.4 is 15.7 Å². The van der Waals surface area contributed by atoms with Gasteiger partial charge in [0.15, 0.2) is 5.76 Å². The van der Waals surface area contributed by atoms with Crippen LogP contribution in [-0.2, 0) is 0 Å². The van der Waals surface area contributed by atoms with Gasteiger partial charge in [0.05, 0.1) is 18.1 Å². The Morgan fingerprint density at radius 2 is 2.04 bits per heavy atom. The maximum absolute atomic E-state index is 11.9. The van der Waals surface area contributed by atoms with Crippen molar-refractivity contribution in [1.82, 2.24) is 4.98 Å². The lowest BCUT2D eigenvalue weighted by atomic mass is 10.1. The fraction of sp³-hybridized carbons (Fsp3) is 0.0500. The number of fused-ring (bicyclic) bond motifs is 1. The van der Waals surface area contributed by atoms with Crippen LogP contribution in [-0.4, -0.2) is 10.9 Å². The van der Waals surface area contributed by atoms with Gasteiger partial charge in [0.25, 0.3) is 5.91 Å². The van der Waals surface area contributed by atoms with E-state index in [0.717, 1.165) is 10.9 Å². The number of hydrogen-bond acceptors (Lipinski definition) is 6. The summed E-state index contributed by atoms with van der Waals surface area (Å²) in [6.07, 6.45) is 2.90. The van der Waals surface area contributed by atoms with Crippen molar-refractivity contribution in [3.05, 3.63) is 82.7 Å². The normalized spacial score (nSPS) is 10.7. The van der Waals surface area contributed by atoms with Crippen molar-refractivity contribution < 1.29 is 18.4 Å². The number of benzene rings is 1. The molecule has 1 amide bonds. The molecule has 0 spiro atoms. The van der Waals surface area contributed by atoms with Crippen molar-refractivity contribution in [1.29, 1.82) is 0 Å². The van der Waals surface area contributed by atoms with Crippen LogP contribution in [0.4, 0.5) is 5.69 Å². The molecule has 4 aromatic rings. The number of aryl methyl sites for hydroxylation is 1. The number of carbonyl (C=O) groups is 1. The number of anilines is 1. The van der Waals surface area contributed by atoms with E-state index in [1.54, 1.807) is 36.4 Å². The number of aromatic nitrogens is 1. The van der Waals surface area contributed by atoms with Gasteiger partial charge in [0.2, 0.25) is 5.88 Å². The Morgan fingerprint density at radius 3 is 2.78 bits per heavy atom. The third-order valence-electron chi connectivity index (χ3n) is 3.88. The maximum atomic E-state index is 11.9. The Hall–Kier alpha value is -3.87. The molecule has 7 heteroatoms. The highest BCUT2D eigenvalue weighted by atomic mass is 16.5. The standard InChI is InChI=1S/C20H14N2O5/c1-12-9-19(23)27-17-10-14(5-6-15(12)17)26-18-7-4-13(11-21-18)22-20(24)16-3-2-8-25-16/h2-11H,1H3,(H,22,24). The second-order valence-corrected chi connectivity index (χ2v) is 5.83. The van der Waals surface area contributed by atoms with Gasteiger partial charge >= 0.3 is 5.63 Å². The molecule has 0 unspecified atom stereocenters. The van der Waals surface area contributed by atoms with Crippen LogP contribution in [0.1, 0.15) is 16.1 Å². The van der Waals surface area contributed by atoms with Gasteiger partial charge in [-0.15, -0.1) is 0 Å². The molecule has 0 aliphatic rings. The van der Waals surface area contributed by atoms with Gasteiger partial charge in [-0.3, -0.25) is 4.79 Å². The van der Waals surface area contributed by atoms with Crippen molar-refractivity contribution in [2.45, 2.75) is 6.92 Å². The van der Waals surface area contributed by atoms with Gasteiger partial charge in [-0.2, -0.15) is 0 Å². The Labute approximate surface area is 153 Å². The van der Waals surface area contributed by atoms with Crippen molar-refractivity contribution in [3.8, 4) is 11.6 Å². The molecule has 0 bridgehead atoms. The minimum absolute atomic E-state index is 0.211. The van der Waals surface area contributed by atoms with Gasteiger partial charge in [-0.1, -0.05) is 0 Å². The summed E-state index contributed by atoms with van der Waals surface area (Å²) < 4.78 is 15.9. The average molecular weight is 362 g/mol. The number of hydrogen-bond donors (Lipinski definition) is 1. The SMILES string of the molecule is Cc1cc(=O)oc2cc(Oc3ccc(NC(=O)c4ccco4)cn3)ccc12. The molecule has 0 fully saturated rings. The van der Waals surface area contributed by atoms with E-state index in [9.17, 15) is 9.59 Å². The zero-order valence-electron chi connectivity index (χ0n) is 14.3. The second-order valence-electron chi connectivity index (χ2n) is 5.83. The van der Waals surface area contributed by atoms with Gasteiger partial charge in [-0.05, 0) is 42.8 Å². The molecule has 3 heterocycles. The Morgan fingerprint density at radius 1 is 1.15 bits per heavy atom. The first-order chi connectivity index (χ1) is 13.1. The monoisotopic (exact) mass is 362 g/mol. The first-order valence-corrected chi connectivity index (χ1v) is 8.12. The van der Waals surface area contributed by atoms with Crippen LogP contribution in [0.15, 0.2) is 74.6 Å². The van der Waals surface area contributed by atoms with E-state index in [-0.39, 0.29) is 11.7 Å². The number of pyridine rings is 1. The lowest BCUT2D eigenvalue weighted by Crippen LogP contribution is -2.10. The molecule has 7 nitrogen and oxygen atoms in total. The lowest BCUT2D eigenvalue weighted by molar-refractivity contribution is 0.0996. The summed E-state index contributed by atoms with van der Waals surface area (Å²) >= 11 is 0. The smallest absolute Gasteiger partial charge is 0.336 e. The average Bonchev–Trinajstić information content (AvgIpc) is 3.18. The molecule has 1 aromatic carbocycles. The molecule has 134 valence electrons. The number of nitrogens with one attached hydrogen (secondary N) is 1. The van der Waals surface area contributed by atoms with Gasteiger partial charge in [-0.25, -0.2) is 9.78 Å². The van der Waals surface area contributed by atoms with Crippen molar-refractivity contribution in [2.24, 2.45) is 0 Å². The third-order valence-corrected chi connectivity index (χ3v) is 3.88. The largest absolute Gasteiger partial charge is 0.459 e. The summed E-state index contributed by atoms with van der Waals surface area (Å²) in [4.78, 5) is 27.6. The van der Waals surface area contributed by atoms with E-state index in [4.69, 9.17) is 13.6 Å². The molecule has 4 rings (SSSR count). The van der Waals surface area contributed by atoms with E-state index >= 15 is 0 Å². The Balaban J connectivity index is 1.50. The molecule has 1 N–H and O–H groups in total. The van der Waals surface area contributed by atoms with Crippen LogP contribution in [0.2, 0.25) is 0 Å². The van der Waals surface area contributed by atoms with E-state index < -0.39 is 5.63 Å². The molecular formula is C20H14N2O5. The van der Waals surface area contributed by atoms with Crippen LogP contribution in [0.25, 0.3) is 11.0 Å². The first kappa shape index (κ1) is 16.6. The summed E-state index contributed by atoms with van der Waals surface area (Å²) in [7, 11) is 0. The second kappa shape index (κ2) is 6.80. The summed E-state index contributed by atoms with van der Waals surface area (Å²) in [5, 5.41) is 3.51. The van der Waals surface area contributed by atoms with Crippen LogP contribution in [0.3, 0.4) is 0 Å². The number of carbonyl (C=O) groups excluding carboxylic acids is 1. The minimum atomic E-state index is -0.410. The number of amides is 1. The third kappa shape index (κ3) is 3.57. The van der Waals surface area contributed by atoms with E-state index in [0.29, 0.717) is 22.9 Å². The topological polar surface area (TPSA) is 94.6 Å². The Kier molecular flexibility index (Phi) is 4.18. The zero-order valence-corrected chi connectivity index (χ0v) is 14.3. The molecule has 3 aromatic heterocycles. The van der Waals surface area contributed by atoms with E-state index in [1.807, 2.05) is 13.0 Å². The maximum Gasteiger partial charge on any atom is 0.336 e. The number of ether oxygens (including phenoxy) is 1. The molecule has 0 saturated heterocycles. The Bertz CT molecular complexity index is 1160. The zero-order chi connectivity index (χ0) is 18.8. The molecule has 0 radical (unpaired) electrons. The van der Waals surface area contributed by atoms with Crippen LogP contribution in [0, 0.1) is 6.92 Å². The summed E-state index contributed by atoms with van der Waals surface area (Å²) in [5.74, 6) is 0.662. The van der Waals surface area contributed by atoms with Gasteiger partial charge in [0.1, 0.15) is 11.3 Å². The molecule has 0 aliphatic heterocycles. The number of furan rings is 1. The fourth-order valence-corrected chi connectivity index (χ4v) is 2.60. The summed E-state index contributed by atoms with van der Waals surface area (Å²) in [6.45, 7) is 1.84. The highest BCUT2D eigenvalue weighted by Gasteiger charge is 2.09. The lowest BCUT2D eigenvalue weighted by Gasteiger charge is -2.07. The number of rotatable bonds is 4. The minimum Gasteiger partial charge on any atom is -0.459 e. The molecular weight excluding hydrogens is 348 g/mol. The van der Waals surface area contributed by atoms with E-state index in [2.05, 4.69) is 10.3 Å². The molecule has 27 heavy (non-hydrogen) atoms. The van der Waals surface area contributed by atoms with Crippen LogP contribution in [0.5, 0.6) is 11.6 Å². The predicted molar refractivity (Wildman–Crippen MR) is 98.2 cm³/mol. The summed E-state index contributed by atoms with van der Waals surface area (Å²) in [6, 6.07) is 13.2. The van der Waals surface area contributed by atoms with Gasteiger partial charge in [0, 0.05) is 23.6 Å². The predicted octanol–water partition coefficient (Wildman–Crippen LogP) is 4.13. The van der Waals surface area contributed by atoms with Gasteiger partial charge < -0.3 is 18.9 Å². The summed E-state index contributed by atoms with van der Waals surface area (Å²) in [5.41, 5.74) is 1.37. The van der Waals surface area contributed by atoms with Crippen LogP contribution >= 0.6 is 0 Å². The fourth-order valence-electron chi connectivity index (χ4n) is 2.60. The first-order valence-electron chi connectivity index (χ1n) is 8.12. The highest BCUT2D eigenvalue weighted by molar-refractivity contribution is 6.02. The van der Waals surface area contributed by atoms with Crippen molar-refractivity contribution in [3.63, 3.8) is 0 Å². The molecule has 0 aliphatic carbocycles. The molecule has 0 atom stereocenters. The van der Waals surface area contributed by atoms with Crippen molar-refractivity contribution >= 4 is 22.6 Å². The highest BCUT2D eigenvalue weighted by Crippen LogP contribution is 2.26.